The van der Waals surface area contributed by atoms with E-state index >= 15 is 0 Å². The summed E-state index contributed by atoms with van der Waals surface area (Å²) in [5.74, 6) is 0.990. The van der Waals surface area contributed by atoms with E-state index in [1.165, 1.54) is 25.7 Å². The highest BCUT2D eigenvalue weighted by molar-refractivity contribution is 5.67. The van der Waals surface area contributed by atoms with Gasteiger partial charge in [-0.3, -0.25) is 4.68 Å². The van der Waals surface area contributed by atoms with E-state index in [4.69, 9.17) is 5.73 Å². The second-order valence-electron chi connectivity index (χ2n) is 5.41. The average molecular weight is 266 g/mol. The topological polar surface area (TPSA) is 67.3 Å². The Hall–Kier alpha value is -1.23. The number of rotatable bonds is 6. The summed E-state index contributed by atoms with van der Waals surface area (Å²) in [5.41, 5.74) is 8.07. The van der Waals surface area contributed by atoms with Crippen LogP contribution in [0.3, 0.4) is 0 Å². The lowest BCUT2D eigenvalue weighted by Crippen LogP contribution is -2.37. The summed E-state index contributed by atoms with van der Waals surface area (Å²) in [5, 5.41) is 13.9. The van der Waals surface area contributed by atoms with E-state index in [1.54, 1.807) is 0 Å². The molecular formula is C14H26N4O. The molecule has 0 bridgehead atoms. The predicted octanol–water partition coefficient (Wildman–Crippen LogP) is 1.70. The van der Waals surface area contributed by atoms with Crippen molar-refractivity contribution in [1.82, 2.24) is 9.78 Å². The summed E-state index contributed by atoms with van der Waals surface area (Å²) in [4.78, 5) is 2.26. The minimum Gasteiger partial charge on any atom is -0.395 e. The minimum absolute atomic E-state index is 0.157. The monoisotopic (exact) mass is 266 g/mol. The Labute approximate surface area is 115 Å². The molecule has 3 N–H and O–H groups in total. The highest BCUT2D eigenvalue weighted by Crippen LogP contribution is 2.33. The first-order chi connectivity index (χ1) is 9.19. The number of nitrogen functional groups attached to an aromatic ring is 1. The third-order valence-electron chi connectivity index (χ3n) is 3.99. The Balaban J connectivity index is 2.29. The first-order valence-electron chi connectivity index (χ1n) is 7.37. The zero-order chi connectivity index (χ0) is 13.8. The summed E-state index contributed by atoms with van der Waals surface area (Å²) in [6, 6.07) is 0.499. The van der Waals surface area contributed by atoms with Crippen molar-refractivity contribution < 1.29 is 5.11 Å². The lowest BCUT2D eigenvalue weighted by Gasteiger charge is -2.30. The number of hydrogen-bond acceptors (Lipinski definition) is 4. The van der Waals surface area contributed by atoms with Crippen LogP contribution in [0.5, 0.6) is 0 Å². The molecule has 0 aliphatic heterocycles. The number of anilines is 2. The maximum absolute atomic E-state index is 9.34. The first kappa shape index (κ1) is 14.2. The SMILES string of the molecule is CCCc1nn(C)c(N(CCO)C2CCCC2)c1N. The molecule has 19 heavy (non-hydrogen) atoms. The second-order valence-corrected chi connectivity index (χ2v) is 5.41. The van der Waals surface area contributed by atoms with Crippen LogP contribution in [0.1, 0.15) is 44.7 Å². The molecule has 0 saturated heterocycles. The zero-order valence-electron chi connectivity index (χ0n) is 12.1. The van der Waals surface area contributed by atoms with Gasteiger partial charge in [-0.25, -0.2) is 0 Å². The van der Waals surface area contributed by atoms with Crippen LogP contribution in [0.15, 0.2) is 0 Å². The van der Waals surface area contributed by atoms with Gasteiger partial charge in [-0.15, -0.1) is 0 Å². The van der Waals surface area contributed by atoms with Gasteiger partial charge in [-0.2, -0.15) is 5.10 Å². The van der Waals surface area contributed by atoms with Crippen LogP contribution in [-0.2, 0) is 13.5 Å². The Bertz CT molecular complexity index is 410. The molecular weight excluding hydrogens is 240 g/mol. The Morgan fingerprint density at radius 2 is 2.11 bits per heavy atom. The molecule has 1 heterocycles. The molecule has 1 fully saturated rings. The van der Waals surface area contributed by atoms with Gasteiger partial charge < -0.3 is 15.7 Å². The van der Waals surface area contributed by atoms with Gasteiger partial charge in [0.25, 0.3) is 0 Å². The summed E-state index contributed by atoms with van der Waals surface area (Å²) in [6.45, 7) is 2.93. The molecule has 1 aliphatic rings. The number of nitrogens with two attached hydrogens (primary N) is 1. The fourth-order valence-corrected chi connectivity index (χ4v) is 3.13. The van der Waals surface area contributed by atoms with Crippen LogP contribution in [-0.4, -0.2) is 34.1 Å². The molecule has 0 spiro atoms. The number of nitrogens with zero attached hydrogens (tertiary/aromatic N) is 3. The summed E-state index contributed by atoms with van der Waals surface area (Å²) < 4.78 is 1.88. The van der Waals surface area contributed by atoms with Crippen molar-refractivity contribution in [3.8, 4) is 0 Å². The van der Waals surface area contributed by atoms with Crippen molar-refractivity contribution >= 4 is 11.5 Å². The predicted molar refractivity (Wildman–Crippen MR) is 78.3 cm³/mol. The summed E-state index contributed by atoms with van der Waals surface area (Å²) >= 11 is 0. The van der Waals surface area contributed by atoms with Gasteiger partial charge in [0.05, 0.1) is 18.0 Å². The molecule has 1 saturated carbocycles. The molecule has 1 aromatic heterocycles. The number of aliphatic hydroxyl groups is 1. The molecule has 5 heteroatoms. The molecule has 0 radical (unpaired) electrons. The van der Waals surface area contributed by atoms with Gasteiger partial charge >= 0.3 is 0 Å². The lowest BCUT2D eigenvalue weighted by atomic mass is 10.2. The van der Waals surface area contributed by atoms with Crippen molar-refractivity contribution in [2.45, 2.75) is 51.5 Å². The van der Waals surface area contributed by atoms with Gasteiger partial charge in [0.1, 0.15) is 0 Å². The van der Waals surface area contributed by atoms with Crippen molar-refractivity contribution in [1.29, 1.82) is 0 Å². The van der Waals surface area contributed by atoms with E-state index in [1.807, 2.05) is 11.7 Å². The zero-order valence-corrected chi connectivity index (χ0v) is 12.1. The van der Waals surface area contributed by atoms with E-state index in [0.717, 1.165) is 30.0 Å². The third-order valence-corrected chi connectivity index (χ3v) is 3.99. The highest BCUT2D eigenvalue weighted by atomic mass is 16.3. The smallest absolute Gasteiger partial charge is 0.150 e. The molecule has 2 rings (SSSR count). The number of aryl methyl sites for hydroxylation is 2. The van der Waals surface area contributed by atoms with Crippen molar-refractivity contribution in [3.05, 3.63) is 5.69 Å². The second kappa shape index (κ2) is 6.28. The molecule has 1 aliphatic carbocycles. The molecule has 0 amide bonds. The fraction of sp³-hybridized carbons (Fsp3) is 0.786. The highest BCUT2D eigenvalue weighted by Gasteiger charge is 2.27. The Morgan fingerprint density at radius 3 is 2.68 bits per heavy atom. The Morgan fingerprint density at radius 1 is 1.42 bits per heavy atom. The van der Waals surface area contributed by atoms with E-state index < -0.39 is 0 Å². The van der Waals surface area contributed by atoms with Crippen LogP contribution in [0.2, 0.25) is 0 Å². The average Bonchev–Trinajstić information content (AvgIpc) is 2.98. The molecule has 0 atom stereocenters. The van der Waals surface area contributed by atoms with Gasteiger partial charge in [0, 0.05) is 19.6 Å². The maximum atomic E-state index is 9.34. The molecule has 1 aromatic rings. The molecule has 5 nitrogen and oxygen atoms in total. The van der Waals surface area contributed by atoms with Crippen molar-refractivity contribution in [2.75, 3.05) is 23.8 Å². The maximum Gasteiger partial charge on any atom is 0.150 e. The summed E-state index contributed by atoms with van der Waals surface area (Å²) in [6.07, 6.45) is 6.88. The standard InChI is InChI=1S/C14H26N4O/c1-3-6-12-13(15)14(17(2)16-12)18(9-10-19)11-7-4-5-8-11/h11,19H,3-10,15H2,1-2H3. The quantitative estimate of drug-likeness (QED) is 0.822. The molecule has 0 aromatic carbocycles. The minimum atomic E-state index is 0.157. The number of aromatic nitrogens is 2. The Kier molecular flexibility index (Phi) is 4.69. The van der Waals surface area contributed by atoms with Crippen LogP contribution >= 0.6 is 0 Å². The fourth-order valence-electron chi connectivity index (χ4n) is 3.13. The van der Waals surface area contributed by atoms with Crippen molar-refractivity contribution in [3.63, 3.8) is 0 Å². The van der Waals surface area contributed by atoms with Gasteiger partial charge in [-0.1, -0.05) is 26.2 Å². The van der Waals surface area contributed by atoms with Gasteiger partial charge in [-0.05, 0) is 19.3 Å². The van der Waals surface area contributed by atoms with Crippen LogP contribution in [0, 0.1) is 0 Å². The normalized spacial score (nSPS) is 16.2. The molecule has 108 valence electrons. The van der Waals surface area contributed by atoms with E-state index in [0.29, 0.717) is 12.6 Å². The van der Waals surface area contributed by atoms with Crippen molar-refractivity contribution in [2.24, 2.45) is 7.05 Å². The van der Waals surface area contributed by atoms with E-state index in [-0.39, 0.29) is 6.61 Å². The van der Waals surface area contributed by atoms with Gasteiger partial charge in [0.15, 0.2) is 5.82 Å². The summed E-state index contributed by atoms with van der Waals surface area (Å²) in [7, 11) is 1.95. The number of hydrogen-bond donors (Lipinski definition) is 2. The molecule has 0 unspecified atom stereocenters. The first-order valence-corrected chi connectivity index (χ1v) is 7.37. The third kappa shape index (κ3) is 2.86. The number of aliphatic hydroxyl groups excluding tert-OH is 1. The lowest BCUT2D eigenvalue weighted by molar-refractivity contribution is 0.296. The van der Waals surface area contributed by atoms with Crippen LogP contribution < -0.4 is 10.6 Å². The van der Waals surface area contributed by atoms with Crippen LogP contribution in [0.25, 0.3) is 0 Å². The van der Waals surface area contributed by atoms with Crippen LogP contribution in [0.4, 0.5) is 11.5 Å². The van der Waals surface area contributed by atoms with Gasteiger partial charge in [0.2, 0.25) is 0 Å². The largest absolute Gasteiger partial charge is 0.395 e. The van der Waals surface area contributed by atoms with E-state index in [9.17, 15) is 5.11 Å². The van der Waals surface area contributed by atoms with E-state index in [2.05, 4.69) is 16.9 Å².